The molecule has 0 spiro atoms. The monoisotopic (exact) mass is 431 g/mol. The van der Waals surface area contributed by atoms with Crippen molar-refractivity contribution in [3.63, 3.8) is 0 Å². The normalized spacial score (nSPS) is 23.9. The van der Waals surface area contributed by atoms with Gasteiger partial charge in [0.25, 0.3) is 5.91 Å². The van der Waals surface area contributed by atoms with E-state index in [-0.39, 0.29) is 29.8 Å². The molecule has 0 aromatic carbocycles. The van der Waals surface area contributed by atoms with Crippen LogP contribution in [0.2, 0.25) is 0 Å². The molecule has 0 radical (unpaired) electrons. The Morgan fingerprint density at radius 2 is 2.03 bits per heavy atom. The van der Waals surface area contributed by atoms with Crippen molar-refractivity contribution in [3.05, 3.63) is 16.4 Å². The minimum atomic E-state index is -0.691. The molecule has 2 unspecified atom stereocenters. The summed E-state index contributed by atoms with van der Waals surface area (Å²) < 4.78 is 2.99. The number of nitrogens with zero attached hydrogens (tertiary/aromatic N) is 2. The van der Waals surface area contributed by atoms with Crippen molar-refractivity contribution in [1.29, 1.82) is 0 Å². The number of carbonyl (C=O) groups excluding carboxylic acids is 2. The van der Waals surface area contributed by atoms with E-state index in [9.17, 15) is 9.59 Å². The fourth-order valence-electron chi connectivity index (χ4n) is 4.16. The summed E-state index contributed by atoms with van der Waals surface area (Å²) in [6.07, 6.45) is 11.8. The Morgan fingerprint density at radius 3 is 2.60 bits per heavy atom. The predicted molar refractivity (Wildman–Crippen MR) is 123 cm³/mol. The molecule has 2 rings (SSSR count). The number of terminal acetylenes is 1. The Kier molecular flexibility index (Phi) is 7.40. The zero-order valence-electron chi connectivity index (χ0n) is 19.6. The molecule has 1 fully saturated rings. The van der Waals surface area contributed by atoms with Crippen molar-refractivity contribution in [1.82, 2.24) is 9.27 Å². The molecule has 1 aromatic heterocycles. The van der Waals surface area contributed by atoms with E-state index in [1.807, 2.05) is 20.8 Å². The number of amides is 2. The van der Waals surface area contributed by atoms with E-state index in [1.54, 1.807) is 11.5 Å². The molecular weight excluding hydrogens is 394 g/mol. The number of aryl methyl sites for hydroxylation is 1. The first-order valence-electron chi connectivity index (χ1n) is 10.9. The van der Waals surface area contributed by atoms with Crippen LogP contribution in [0.15, 0.2) is 11.2 Å². The van der Waals surface area contributed by atoms with E-state index in [4.69, 9.17) is 6.42 Å². The van der Waals surface area contributed by atoms with Crippen molar-refractivity contribution >= 4 is 23.3 Å². The maximum atomic E-state index is 13.5. The fourth-order valence-corrected chi connectivity index (χ4v) is 5.19. The molecule has 2 amide bonds. The van der Waals surface area contributed by atoms with Gasteiger partial charge in [-0.05, 0) is 63.4 Å². The van der Waals surface area contributed by atoms with Crippen LogP contribution in [0.3, 0.4) is 0 Å². The number of hydrogen-bond acceptors (Lipinski definition) is 3. The fraction of sp³-hybridized carbons (Fsp3) is 0.708. The summed E-state index contributed by atoms with van der Waals surface area (Å²) in [5.41, 5.74) is -0.122. The molecule has 1 aliphatic carbocycles. The first-order valence-corrected chi connectivity index (χ1v) is 11.7. The predicted octanol–water partition coefficient (Wildman–Crippen LogP) is 4.27. The van der Waals surface area contributed by atoms with Crippen molar-refractivity contribution in [3.8, 4) is 12.3 Å². The van der Waals surface area contributed by atoms with E-state index >= 15 is 0 Å². The summed E-state index contributed by atoms with van der Waals surface area (Å²) in [5, 5.41) is 2.79. The van der Waals surface area contributed by atoms with Gasteiger partial charge in [-0.1, -0.05) is 40.0 Å². The molecule has 0 aliphatic heterocycles. The molecule has 30 heavy (non-hydrogen) atoms. The van der Waals surface area contributed by atoms with Crippen LogP contribution in [-0.4, -0.2) is 22.3 Å². The average Bonchev–Trinajstić information content (AvgIpc) is 3.17. The Balaban J connectivity index is 2.40. The highest BCUT2D eigenvalue weighted by Crippen LogP contribution is 2.56. The van der Waals surface area contributed by atoms with Gasteiger partial charge in [0.15, 0.2) is 0 Å². The van der Waals surface area contributed by atoms with Crippen LogP contribution < -0.4 is 9.99 Å². The van der Waals surface area contributed by atoms with Crippen molar-refractivity contribution in [2.24, 2.45) is 21.7 Å². The minimum Gasteiger partial charge on any atom is -0.345 e. The van der Waals surface area contributed by atoms with Gasteiger partial charge in [0.1, 0.15) is 4.67 Å². The van der Waals surface area contributed by atoms with Crippen molar-refractivity contribution in [2.75, 3.05) is 6.54 Å². The second kappa shape index (κ2) is 9.09. The standard InChI is InChI=1S/C24H37N3O2S/c1-9-11-12-17-16-27(22(3,4)5)30-20(17)26-21(29)24(8)14-13-18(23(24,6)7)19(28)25-15-10-2/h2,16,18H,9,11-15H2,1,3-8H3,(H,25,28)/b26-20-. The zero-order chi connectivity index (χ0) is 22.7. The van der Waals surface area contributed by atoms with Gasteiger partial charge in [-0.15, -0.1) is 6.42 Å². The average molecular weight is 432 g/mol. The highest BCUT2D eigenvalue weighted by molar-refractivity contribution is 7.04. The highest BCUT2D eigenvalue weighted by Gasteiger charge is 2.58. The second-order valence-corrected chi connectivity index (χ2v) is 11.1. The van der Waals surface area contributed by atoms with Gasteiger partial charge in [0.2, 0.25) is 5.91 Å². The summed E-state index contributed by atoms with van der Waals surface area (Å²) in [6.45, 7) is 14.8. The SMILES string of the molecule is C#CCNC(=O)C1CCC(C)(C(=O)/N=c2\sn(C(C)(C)C)cc2CCCC)C1(C)C. The van der Waals surface area contributed by atoms with E-state index in [0.717, 1.165) is 29.5 Å². The first-order chi connectivity index (χ1) is 13.9. The molecule has 5 nitrogen and oxygen atoms in total. The van der Waals surface area contributed by atoms with Crippen LogP contribution in [0.1, 0.15) is 79.7 Å². The highest BCUT2D eigenvalue weighted by atomic mass is 32.1. The van der Waals surface area contributed by atoms with E-state index < -0.39 is 10.8 Å². The van der Waals surface area contributed by atoms with E-state index in [2.05, 4.69) is 54.1 Å². The summed E-state index contributed by atoms with van der Waals surface area (Å²) in [7, 11) is 0. The number of aromatic nitrogens is 1. The Morgan fingerprint density at radius 1 is 1.37 bits per heavy atom. The number of unbranched alkanes of at least 4 members (excludes halogenated alkanes) is 1. The van der Waals surface area contributed by atoms with Gasteiger partial charge in [0, 0.05) is 23.2 Å². The first kappa shape index (κ1) is 24.4. The van der Waals surface area contributed by atoms with Gasteiger partial charge in [-0.2, -0.15) is 0 Å². The van der Waals surface area contributed by atoms with Crippen LogP contribution >= 0.6 is 11.5 Å². The number of carbonyl (C=O) groups is 2. The summed E-state index contributed by atoms with van der Waals surface area (Å²) in [5.74, 6) is 2.00. The molecule has 166 valence electrons. The van der Waals surface area contributed by atoms with Crippen LogP contribution in [0.4, 0.5) is 0 Å². The third-order valence-corrected chi connectivity index (χ3v) is 8.15. The lowest BCUT2D eigenvalue weighted by Gasteiger charge is -2.38. The lowest BCUT2D eigenvalue weighted by molar-refractivity contribution is -0.136. The van der Waals surface area contributed by atoms with Gasteiger partial charge in [-0.3, -0.25) is 13.5 Å². The van der Waals surface area contributed by atoms with E-state index in [1.165, 1.54) is 0 Å². The summed E-state index contributed by atoms with van der Waals surface area (Å²) in [4.78, 5) is 30.8. The lowest BCUT2D eigenvalue weighted by atomic mass is 9.65. The van der Waals surface area contributed by atoms with Gasteiger partial charge >= 0.3 is 0 Å². The quantitative estimate of drug-likeness (QED) is 0.684. The van der Waals surface area contributed by atoms with Gasteiger partial charge in [0.05, 0.1) is 12.0 Å². The molecule has 1 aromatic rings. The topological polar surface area (TPSA) is 63.5 Å². The molecule has 0 saturated heterocycles. The Bertz CT molecular complexity index is 895. The minimum absolute atomic E-state index is 0.0564. The van der Waals surface area contributed by atoms with Gasteiger partial charge in [-0.25, -0.2) is 4.99 Å². The molecule has 1 heterocycles. The van der Waals surface area contributed by atoms with Crippen LogP contribution in [0, 0.1) is 29.1 Å². The largest absolute Gasteiger partial charge is 0.345 e. The maximum absolute atomic E-state index is 13.5. The number of hydrogen-bond donors (Lipinski definition) is 1. The van der Waals surface area contributed by atoms with Crippen LogP contribution in [0.5, 0.6) is 0 Å². The zero-order valence-corrected chi connectivity index (χ0v) is 20.4. The number of rotatable bonds is 6. The summed E-state index contributed by atoms with van der Waals surface area (Å²) >= 11 is 1.55. The Labute approximate surface area is 185 Å². The maximum Gasteiger partial charge on any atom is 0.253 e. The third-order valence-electron chi connectivity index (χ3n) is 6.78. The van der Waals surface area contributed by atoms with Gasteiger partial charge < -0.3 is 5.32 Å². The molecule has 1 N–H and O–H groups in total. The lowest BCUT2D eigenvalue weighted by Crippen LogP contribution is -2.45. The summed E-state index contributed by atoms with van der Waals surface area (Å²) in [6, 6.07) is 0. The van der Waals surface area contributed by atoms with Crippen molar-refractivity contribution < 1.29 is 9.59 Å². The molecular formula is C24H37N3O2S. The molecule has 0 bridgehead atoms. The Hall–Kier alpha value is -1.87. The second-order valence-electron chi connectivity index (χ2n) is 10.1. The molecule has 1 saturated carbocycles. The van der Waals surface area contributed by atoms with Crippen LogP contribution in [0.25, 0.3) is 0 Å². The number of nitrogens with one attached hydrogen (secondary N) is 1. The molecule has 1 aliphatic rings. The smallest absolute Gasteiger partial charge is 0.253 e. The third kappa shape index (κ3) is 4.72. The van der Waals surface area contributed by atoms with E-state index in [0.29, 0.717) is 12.8 Å². The van der Waals surface area contributed by atoms with Crippen molar-refractivity contribution in [2.45, 2.75) is 86.1 Å². The van der Waals surface area contributed by atoms with Crippen LogP contribution in [-0.2, 0) is 21.5 Å². The molecule has 2 atom stereocenters. The molecule has 6 heteroatoms.